The second-order valence-electron chi connectivity index (χ2n) is 11.2. The van der Waals surface area contributed by atoms with Crippen molar-refractivity contribution in [3.8, 4) is 16.9 Å². The molecular weight excluding hydrogens is 516 g/mol. The molecule has 0 aliphatic rings. The second kappa shape index (κ2) is 13.1. The van der Waals surface area contributed by atoms with Gasteiger partial charge in [0.25, 0.3) is 0 Å². The average Bonchev–Trinajstić information content (AvgIpc) is 3.31. The minimum Gasteiger partial charge on any atom is -0.496 e. The fourth-order valence-corrected chi connectivity index (χ4v) is 5.44. The van der Waals surface area contributed by atoms with Gasteiger partial charge in [0.2, 0.25) is 5.91 Å². The fraction of sp³-hybridized carbons (Fsp3) is 0.312. The summed E-state index contributed by atoms with van der Waals surface area (Å²) in [4.78, 5) is 13.4. The molecule has 1 aromatic heterocycles. The van der Waals surface area contributed by atoms with Crippen molar-refractivity contribution in [1.82, 2.24) is 9.78 Å². The number of aryl methyl sites for hydroxylation is 1. The predicted octanol–water partition coefficient (Wildman–Crippen LogP) is 6.28. The van der Waals surface area contributed by atoms with Crippen LogP contribution in [0.5, 0.6) is 5.75 Å². The Kier molecular flexibility index (Phi) is 9.57. The van der Waals surface area contributed by atoms with Gasteiger partial charge >= 0.3 is 0 Å². The molecule has 0 saturated heterocycles. The normalized spacial score (nSPS) is 12.4. The number of rotatable bonds is 12. The van der Waals surface area contributed by atoms with Gasteiger partial charge in [-0.05, 0) is 36.2 Å². The van der Waals surface area contributed by atoms with E-state index in [1.807, 2.05) is 96.7 Å². The molecule has 0 radical (unpaired) electrons. The summed E-state index contributed by atoms with van der Waals surface area (Å²) >= 11 is 0. The molecule has 1 amide bonds. The first-order chi connectivity index (χ1) is 19.2. The molecule has 0 bridgehead atoms. The Bertz CT molecular complexity index is 1360. The minimum absolute atomic E-state index is 0.271. The number of aromatic nitrogens is 2. The van der Waals surface area contributed by atoms with Gasteiger partial charge in [0.1, 0.15) is 12.5 Å². The van der Waals surface area contributed by atoms with E-state index in [0.717, 1.165) is 40.6 Å². The van der Waals surface area contributed by atoms with Crippen molar-refractivity contribution in [2.75, 3.05) is 19.0 Å². The molecule has 40 heavy (non-hydrogen) atoms. The van der Waals surface area contributed by atoms with Crippen LogP contribution in [0.15, 0.2) is 85.1 Å². The molecule has 4 aromatic rings. The maximum Gasteiger partial charge on any atom is 0.242 e. The van der Waals surface area contributed by atoms with Crippen molar-refractivity contribution in [3.63, 3.8) is 0 Å². The third-order valence-corrected chi connectivity index (χ3v) is 8.61. The highest BCUT2D eigenvalue weighted by atomic mass is 28.3. The second-order valence-corrected chi connectivity index (χ2v) is 16.9. The number of nitrogens with one attached hydrogen (secondary N) is 1. The van der Waals surface area contributed by atoms with Crippen LogP contribution in [0, 0.1) is 6.92 Å². The largest absolute Gasteiger partial charge is 0.496 e. The molecule has 4 rings (SSSR count). The van der Waals surface area contributed by atoms with Crippen LogP contribution in [0.3, 0.4) is 0 Å². The van der Waals surface area contributed by atoms with Gasteiger partial charge < -0.3 is 20.5 Å². The van der Waals surface area contributed by atoms with Crippen LogP contribution >= 0.6 is 0 Å². The lowest BCUT2D eigenvalue weighted by molar-refractivity contribution is -0.117. The molecule has 0 aliphatic heterocycles. The summed E-state index contributed by atoms with van der Waals surface area (Å²) in [5.41, 5.74) is 11.9. The SMILES string of the molecule is COc1cc(NC(=O)C(N)C(c2ccccc2)c2ccccc2)ccc1-c1cn(COCC[Si](C)(C)C)nc1C. The maximum atomic E-state index is 13.4. The number of methoxy groups -OCH3 is 1. The summed E-state index contributed by atoms with van der Waals surface area (Å²) in [6.07, 6.45) is 1.97. The lowest BCUT2D eigenvalue weighted by Crippen LogP contribution is -2.41. The summed E-state index contributed by atoms with van der Waals surface area (Å²) in [5, 5.41) is 7.63. The third kappa shape index (κ3) is 7.47. The Morgan fingerprint density at radius 1 is 0.975 bits per heavy atom. The van der Waals surface area contributed by atoms with Crippen molar-refractivity contribution in [2.45, 2.75) is 51.3 Å². The van der Waals surface area contributed by atoms with E-state index in [-0.39, 0.29) is 11.8 Å². The Hall–Kier alpha value is -3.72. The zero-order valence-corrected chi connectivity index (χ0v) is 25.1. The quantitative estimate of drug-likeness (QED) is 0.158. The molecule has 3 N–H and O–H groups in total. The van der Waals surface area contributed by atoms with Crippen LogP contribution in [0.1, 0.15) is 22.7 Å². The van der Waals surface area contributed by atoms with Gasteiger partial charge in [-0.3, -0.25) is 4.79 Å². The van der Waals surface area contributed by atoms with E-state index in [1.165, 1.54) is 0 Å². The Morgan fingerprint density at radius 2 is 1.60 bits per heavy atom. The molecular formula is C32H40N4O3Si. The van der Waals surface area contributed by atoms with Crippen LogP contribution in [0.2, 0.25) is 25.7 Å². The number of carbonyl (C=O) groups excluding carboxylic acids is 1. The van der Waals surface area contributed by atoms with Crippen LogP contribution in [0.25, 0.3) is 11.1 Å². The first kappa shape index (κ1) is 29.3. The van der Waals surface area contributed by atoms with E-state index in [1.54, 1.807) is 7.11 Å². The van der Waals surface area contributed by atoms with Gasteiger partial charge in [-0.15, -0.1) is 0 Å². The topological polar surface area (TPSA) is 91.4 Å². The molecule has 7 nitrogen and oxygen atoms in total. The number of hydrogen-bond donors (Lipinski definition) is 2. The van der Waals surface area contributed by atoms with Gasteiger partial charge in [0.05, 0.1) is 18.8 Å². The smallest absolute Gasteiger partial charge is 0.242 e. The molecule has 210 valence electrons. The van der Waals surface area contributed by atoms with Gasteiger partial charge in [0.15, 0.2) is 0 Å². The molecule has 1 heterocycles. The van der Waals surface area contributed by atoms with Crippen LogP contribution in [-0.2, 0) is 16.3 Å². The van der Waals surface area contributed by atoms with Crippen molar-refractivity contribution in [3.05, 3.63) is 102 Å². The average molecular weight is 557 g/mol. The maximum absolute atomic E-state index is 13.4. The Morgan fingerprint density at radius 3 is 2.17 bits per heavy atom. The van der Waals surface area contributed by atoms with Gasteiger partial charge in [0, 0.05) is 49.7 Å². The van der Waals surface area contributed by atoms with Gasteiger partial charge in [-0.1, -0.05) is 80.3 Å². The van der Waals surface area contributed by atoms with E-state index >= 15 is 0 Å². The molecule has 0 fully saturated rings. The first-order valence-corrected chi connectivity index (χ1v) is 17.3. The number of nitrogens with zero attached hydrogens (tertiary/aromatic N) is 2. The van der Waals surface area contributed by atoms with Crippen molar-refractivity contribution in [2.24, 2.45) is 5.73 Å². The summed E-state index contributed by atoms with van der Waals surface area (Å²) in [6.45, 7) is 10.1. The lowest BCUT2D eigenvalue weighted by Gasteiger charge is -2.24. The van der Waals surface area contributed by atoms with Gasteiger partial charge in [-0.2, -0.15) is 5.10 Å². The molecule has 0 spiro atoms. The standard InChI is InChI=1S/C32H40N4O3Si/c1-23-28(21-36(35-23)22-39-18-19-40(3,4)5)27-17-16-26(20-29(27)38-2)34-32(37)31(33)30(24-12-8-6-9-13-24)25-14-10-7-11-15-25/h6-17,20-21,30-31H,18-19,22,33H2,1-5H3,(H,34,37). The highest BCUT2D eigenvalue weighted by molar-refractivity contribution is 6.76. The molecule has 1 unspecified atom stereocenters. The monoisotopic (exact) mass is 556 g/mol. The summed E-state index contributed by atoms with van der Waals surface area (Å²) < 4.78 is 13.4. The molecule has 0 aliphatic carbocycles. The van der Waals surface area contributed by atoms with E-state index in [9.17, 15) is 4.79 Å². The number of nitrogens with two attached hydrogens (primary N) is 1. The molecule has 0 saturated carbocycles. The van der Waals surface area contributed by atoms with Crippen LogP contribution in [-0.4, -0.2) is 43.5 Å². The molecule has 1 atom stereocenters. The van der Waals surface area contributed by atoms with E-state index in [4.69, 9.17) is 15.2 Å². The van der Waals surface area contributed by atoms with E-state index in [0.29, 0.717) is 18.2 Å². The van der Waals surface area contributed by atoms with E-state index in [2.05, 4.69) is 30.1 Å². The summed E-state index contributed by atoms with van der Waals surface area (Å²) in [5.74, 6) is 0.0772. The van der Waals surface area contributed by atoms with Crippen molar-refractivity contribution in [1.29, 1.82) is 0 Å². The zero-order valence-electron chi connectivity index (χ0n) is 24.1. The summed E-state index contributed by atoms with van der Waals surface area (Å²) in [7, 11) is 0.481. The highest BCUT2D eigenvalue weighted by Gasteiger charge is 2.28. The Balaban J connectivity index is 1.50. The molecule has 8 heteroatoms. The Labute approximate surface area is 238 Å². The van der Waals surface area contributed by atoms with E-state index < -0.39 is 14.1 Å². The number of anilines is 1. The zero-order chi connectivity index (χ0) is 28.7. The number of benzene rings is 3. The predicted molar refractivity (Wildman–Crippen MR) is 164 cm³/mol. The minimum atomic E-state index is -1.14. The first-order valence-electron chi connectivity index (χ1n) is 13.6. The summed E-state index contributed by atoms with van der Waals surface area (Å²) in [6, 6.07) is 25.7. The number of carbonyl (C=O) groups is 1. The number of ether oxygens (including phenoxy) is 2. The number of amides is 1. The van der Waals surface area contributed by atoms with Crippen LogP contribution in [0.4, 0.5) is 5.69 Å². The number of hydrogen-bond acceptors (Lipinski definition) is 5. The van der Waals surface area contributed by atoms with Crippen LogP contribution < -0.4 is 15.8 Å². The highest BCUT2D eigenvalue weighted by Crippen LogP contribution is 2.35. The molecule has 3 aromatic carbocycles. The van der Waals surface area contributed by atoms with Gasteiger partial charge in [-0.25, -0.2) is 4.68 Å². The van der Waals surface area contributed by atoms with Crippen molar-refractivity contribution >= 4 is 19.7 Å². The fourth-order valence-electron chi connectivity index (χ4n) is 4.68. The third-order valence-electron chi connectivity index (χ3n) is 6.90. The lowest BCUT2D eigenvalue weighted by atomic mass is 9.85. The van der Waals surface area contributed by atoms with Crippen molar-refractivity contribution < 1.29 is 14.3 Å².